The van der Waals surface area contributed by atoms with E-state index >= 15 is 0 Å². The molecule has 21 heavy (non-hydrogen) atoms. The lowest BCUT2D eigenvalue weighted by Crippen LogP contribution is -2.41. The van der Waals surface area contributed by atoms with E-state index in [9.17, 15) is 4.79 Å². The molecule has 0 bridgehead atoms. The molecule has 1 nitrogen and oxygen atoms in total. The second-order valence-corrected chi connectivity index (χ2v) is 8.41. The molecule has 0 spiro atoms. The molecule has 0 radical (unpaired) electrons. The summed E-state index contributed by atoms with van der Waals surface area (Å²) < 4.78 is 0. The minimum Gasteiger partial charge on any atom is -0.303 e. The first-order valence-corrected chi connectivity index (χ1v) is 9.73. The van der Waals surface area contributed by atoms with Crippen LogP contribution in [0.25, 0.3) is 0 Å². The van der Waals surface area contributed by atoms with E-state index < -0.39 is 0 Å². The average molecular weight is 290 g/mol. The predicted molar refractivity (Wildman–Crippen MR) is 88.2 cm³/mol. The lowest BCUT2D eigenvalue weighted by atomic mass is 9.56. The summed E-state index contributed by atoms with van der Waals surface area (Å²) in [5.41, 5.74) is 0.0868. The van der Waals surface area contributed by atoms with E-state index in [1.807, 2.05) is 0 Å². The summed E-state index contributed by atoms with van der Waals surface area (Å²) in [4.78, 5) is 11.9. The predicted octanol–water partition coefficient (Wildman–Crippen LogP) is 5.77. The van der Waals surface area contributed by atoms with Crippen molar-refractivity contribution in [3.05, 3.63) is 0 Å². The zero-order chi connectivity index (χ0) is 14.7. The van der Waals surface area contributed by atoms with E-state index in [0.717, 1.165) is 23.7 Å². The van der Waals surface area contributed by atoms with Crippen molar-refractivity contribution in [1.82, 2.24) is 0 Å². The Morgan fingerprint density at radius 3 is 2.38 bits per heavy atom. The van der Waals surface area contributed by atoms with E-state index in [2.05, 4.69) is 6.92 Å². The summed E-state index contributed by atoms with van der Waals surface area (Å²) in [5, 5.41) is 0. The third kappa shape index (κ3) is 3.22. The van der Waals surface area contributed by atoms with Crippen LogP contribution in [-0.4, -0.2) is 6.29 Å². The Hall–Kier alpha value is -0.330. The van der Waals surface area contributed by atoms with Crippen molar-refractivity contribution < 1.29 is 4.79 Å². The van der Waals surface area contributed by atoms with Gasteiger partial charge in [-0.25, -0.2) is 0 Å². The molecule has 3 rings (SSSR count). The van der Waals surface area contributed by atoms with Crippen molar-refractivity contribution in [2.24, 2.45) is 29.1 Å². The highest BCUT2D eigenvalue weighted by Gasteiger charge is 2.45. The molecule has 3 aliphatic carbocycles. The number of aldehydes is 1. The summed E-state index contributed by atoms with van der Waals surface area (Å²) in [7, 11) is 0. The van der Waals surface area contributed by atoms with Crippen LogP contribution in [0.5, 0.6) is 0 Å². The van der Waals surface area contributed by atoms with Gasteiger partial charge in [0.1, 0.15) is 6.29 Å². The van der Waals surface area contributed by atoms with E-state index in [0.29, 0.717) is 0 Å². The maximum Gasteiger partial charge on any atom is 0.126 e. The van der Waals surface area contributed by atoms with Gasteiger partial charge in [0, 0.05) is 5.41 Å². The van der Waals surface area contributed by atoms with Gasteiger partial charge in [-0.2, -0.15) is 0 Å². The maximum absolute atomic E-state index is 11.9. The Kier molecular flexibility index (Phi) is 5.07. The normalized spacial score (nSPS) is 39.5. The molecule has 0 aromatic heterocycles. The quantitative estimate of drug-likeness (QED) is 0.601. The molecule has 0 amide bonds. The van der Waals surface area contributed by atoms with Gasteiger partial charge in [-0.05, 0) is 68.6 Å². The van der Waals surface area contributed by atoms with E-state index in [1.54, 1.807) is 0 Å². The van der Waals surface area contributed by atoms with Crippen LogP contribution in [0.3, 0.4) is 0 Å². The first-order chi connectivity index (χ1) is 10.3. The Bertz CT molecular complexity index is 342. The van der Waals surface area contributed by atoms with Crippen LogP contribution in [0.4, 0.5) is 0 Å². The molecule has 0 unspecified atom stereocenters. The fourth-order valence-corrected chi connectivity index (χ4v) is 6.01. The Morgan fingerprint density at radius 1 is 0.952 bits per heavy atom. The molecule has 0 saturated heterocycles. The number of carbonyl (C=O) groups is 1. The number of hydrogen-bond acceptors (Lipinski definition) is 1. The molecule has 1 heteroatoms. The van der Waals surface area contributed by atoms with Crippen LogP contribution in [0.1, 0.15) is 90.4 Å². The highest BCUT2D eigenvalue weighted by atomic mass is 16.1. The van der Waals surface area contributed by atoms with Crippen molar-refractivity contribution in [2.75, 3.05) is 0 Å². The molecule has 3 saturated carbocycles. The van der Waals surface area contributed by atoms with Crippen LogP contribution in [0, 0.1) is 29.1 Å². The SMILES string of the molecule is CCC[C@H]1CC[C@@H]2C[C@H](C3(C=O)CCCCC3)CC[C@H]2C1. The Labute approximate surface area is 131 Å². The van der Waals surface area contributed by atoms with Gasteiger partial charge >= 0.3 is 0 Å². The third-order valence-electron chi connectivity index (χ3n) is 7.25. The van der Waals surface area contributed by atoms with Gasteiger partial charge in [0.05, 0.1) is 0 Å². The fraction of sp³-hybridized carbons (Fsp3) is 0.950. The van der Waals surface area contributed by atoms with Crippen molar-refractivity contribution in [1.29, 1.82) is 0 Å². The summed E-state index contributed by atoms with van der Waals surface area (Å²) in [6.45, 7) is 2.33. The monoisotopic (exact) mass is 290 g/mol. The first kappa shape index (κ1) is 15.6. The second-order valence-electron chi connectivity index (χ2n) is 8.41. The number of rotatable bonds is 4. The zero-order valence-corrected chi connectivity index (χ0v) is 14.0. The van der Waals surface area contributed by atoms with Gasteiger partial charge in [0.25, 0.3) is 0 Å². The fourth-order valence-electron chi connectivity index (χ4n) is 6.01. The van der Waals surface area contributed by atoms with Crippen molar-refractivity contribution in [2.45, 2.75) is 90.4 Å². The van der Waals surface area contributed by atoms with Crippen LogP contribution in [0.15, 0.2) is 0 Å². The summed E-state index contributed by atoms with van der Waals surface area (Å²) >= 11 is 0. The molecule has 120 valence electrons. The zero-order valence-electron chi connectivity index (χ0n) is 14.0. The van der Waals surface area contributed by atoms with Crippen molar-refractivity contribution in [3.63, 3.8) is 0 Å². The molecule has 3 aliphatic rings. The van der Waals surface area contributed by atoms with Crippen LogP contribution in [-0.2, 0) is 4.79 Å². The van der Waals surface area contributed by atoms with Gasteiger partial charge in [-0.3, -0.25) is 0 Å². The molecule has 4 atom stereocenters. The molecule has 0 heterocycles. The summed E-state index contributed by atoms with van der Waals surface area (Å²) in [6.07, 6.45) is 19.1. The van der Waals surface area contributed by atoms with E-state index in [1.165, 1.54) is 89.8 Å². The number of carbonyl (C=O) groups excluding carboxylic acids is 1. The largest absolute Gasteiger partial charge is 0.303 e. The van der Waals surface area contributed by atoms with Gasteiger partial charge in [0.15, 0.2) is 0 Å². The van der Waals surface area contributed by atoms with Crippen LogP contribution < -0.4 is 0 Å². The summed E-state index contributed by atoms with van der Waals surface area (Å²) in [5.74, 6) is 3.69. The topological polar surface area (TPSA) is 17.1 Å². The molecular formula is C20H34O. The summed E-state index contributed by atoms with van der Waals surface area (Å²) in [6, 6.07) is 0. The average Bonchev–Trinajstić information content (AvgIpc) is 2.55. The smallest absolute Gasteiger partial charge is 0.126 e. The van der Waals surface area contributed by atoms with E-state index in [-0.39, 0.29) is 5.41 Å². The maximum atomic E-state index is 11.9. The molecule has 0 aromatic rings. The Morgan fingerprint density at radius 2 is 1.67 bits per heavy atom. The lowest BCUT2D eigenvalue weighted by molar-refractivity contribution is -0.123. The Balaban J connectivity index is 1.61. The molecule has 0 aromatic carbocycles. The molecular weight excluding hydrogens is 256 g/mol. The van der Waals surface area contributed by atoms with Crippen molar-refractivity contribution in [3.8, 4) is 0 Å². The van der Waals surface area contributed by atoms with Crippen LogP contribution >= 0.6 is 0 Å². The second kappa shape index (κ2) is 6.84. The van der Waals surface area contributed by atoms with E-state index in [4.69, 9.17) is 0 Å². The molecule has 3 fully saturated rings. The first-order valence-electron chi connectivity index (χ1n) is 9.73. The minimum atomic E-state index is 0.0868. The highest BCUT2D eigenvalue weighted by molar-refractivity contribution is 5.60. The third-order valence-corrected chi connectivity index (χ3v) is 7.25. The van der Waals surface area contributed by atoms with Gasteiger partial charge in [0.2, 0.25) is 0 Å². The van der Waals surface area contributed by atoms with Gasteiger partial charge in [-0.1, -0.05) is 45.4 Å². The van der Waals surface area contributed by atoms with Gasteiger partial charge in [-0.15, -0.1) is 0 Å². The molecule has 0 aliphatic heterocycles. The lowest BCUT2D eigenvalue weighted by Gasteiger charge is -2.48. The molecule has 0 N–H and O–H groups in total. The number of fused-ring (bicyclic) bond motifs is 1. The van der Waals surface area contributed by atoms with Crippen LogP contribution in [0.2, 0.25) is 0 Å². The number of hydrogen-bond donors (Lipinski definition) is 0. The highest BCUT2D eigenvalue weighted by Crippen LogP contribution is 2.53. The van der Waals surface area contributed by atoms with Crippen molar-refractivity contribution >= 4 is 6.29 Å². The standard InChI is InChI=1S/C20H34O/c1-2-6-16-7-8-18-14-19(10-9-17(18)13-16)20(15-21)11-4-3-5-12-20/h15-19H,2-14H2,1H3/t16-,17-,18+,19+/m0/s1. The minimum absolute atomic E-state index is 0.0868. The van der Waals surface area contributed by atoms with Gasteiger partial charge < -0.3 is 4.79 Å².